The van der Waals surface area contributed by atoms with Crippen molar-refractivity contribution in [1.29, 1.82) is 0 Å². The first-order valence-electron chi connectivity index (χ1n) is 12.7. The molecule has 0 aliphatic carbocycles. The average Bonchev–Trinajstić information content (AvgIpc) is 2.96. The predicted molar refractivity (Wildman–Crippen MR) is 142 cm³/mol. The van der Waals surface area contributed by atoms with E-state index in [1.807, 2.05) is 6.92 Å². The summed E-state index contributed by atoms with van der Waals surface area (Å²) in [4.78, 5) is 58.3. The molecule has 2 heterocycles. The van der Waals surface area contributed by atoms with E-state index in [2.05, 4.69) is 10.2 Å². The van der Waals surface area contributed by atoms with Gasteiger partial charge in [0.15, 0.2) is 11.8 Å². The molecule has 2 aromatic rings. The second-order valence-electron chi connectivity index (χ2n) is 9.06. The highest BCUT2D eigenvalue weighted by atomic mass is 16.6. The molecular formula is C28H30N4O7. The smallest absolute Gasteiger partial charge is 0.303 e. The van der Waals surface area contributed by atoms with Crippen LogP contribution in [0.5, 0.6) is 0 Å². The molecule has 4 rings (SSSR count). The number of carbonyl (C=O) groups is 4. The van der Waals surface area contributed by atoms with Crippen LogP contribution in [0.1, 0.15) is 29.8 Å². The third kappa shape index (κ3) is 6.42. The summed E-state index contributed by atoms with van der Waals surface area (Å²) in [5, 5.41) is 2.68. The van der Waals surface area contributed by atoms with Gasteiger partial charge >= 0.3 is 5.97 Å². The zero-order valence-electron chi connectivity index (χ0n) is 21.8. The van der Waals surface area contributed by atoms with Crippen molar-refractivity contribution in [3.63, 3.8) is 0 Å². The van der Waals surface area contributed by atoms with Gasteiger partial charge in [-0.3, -0.25) is 19.2 Å². The first-order valence-corrected chi connectivity index (χ1v) is 12.7. The van der Waals surface area contributed by atoms with Crippen molar-refractivity contribution in [3.8, 4) is 0 Å². The maximum Gasteiger partial charge on any atom is 0.303 e. The van der Waals surface area contributed by atoms with Crippen LogP contribution in [0.2, 0.25) is 0 Å². The molecule has 2 atom stereocenters. The SMILES string of the molecule is [C-]#[N+]c1ccc(NC(=O)[C@H](OC(C)=O)[C@H]2OCCN(c3cccc(C(=O)N4CCOCC4)c3)C2=O)cc1CC. The fraction of sp³-hybridized carbons (Fsp3) is 0.393. The quantitative estimate of drug-likeness (QED) is 0.428. The molecule has 2 fully saturated rings. The molecule has 11 heteroatoms. The number of amides is 3. The Morgan fingerprint density at radius 1 is 1.13 bits per heavy atom. The Bertz CT molecular complexity index is 1300. The van der Waals surface area contributed by atoms with E-state index in [4.69, 9.17) is 20.8 Å². The van der Waals surface area contributed by atoms with E-state index < -0.39 is 30.0 Å². The van der Waals surface area contributed by atoms with E-state index in [1.54, 1.807) is 47.4 Å². The van der Waals surface area contributed by atoms with Crippen LogP contribution < -0.4 is 10.2 Å². The Hall–Kier alpha value is -4.27. The van der Waals surface area contributed by atoms with E-state index >= 15 is 0 Å². The minimum Gasteiger partial charge on any atom is -0.449 e. The maximum absolute atomic E-state index is 13.6. The first-order chi connectivity index (χ1) is 18.8. The number of nitrogens with one attached hydrogen (secondary N) is 1. The lowest BCUT2D eigenvalue weighted by molar-refractivity contribution is -0.167. The van der Waals surface area contributed by atoms with Crippen LogP contribution >= 0.6 is 0 Å². The van der Waals surface area contributed by atoms with Gasteiger partial charge in [0.25, 0.3) is 17.7 Å². The molecule has 0 bridgehead atoms. The van der Waals surface area contributed by atoms with Crippen molar-refractivity contribution in [2.24, 2.45) is 0 Å². The summed E-state index contributed by atoms with van der Waals surface area (Å²) in [6, 6.07) is 11.5. The van der Waals surface area contributed by atoms with Crippen LogP contribution in [0.4, 0.5) is 17.1 Å². The molecule has 0 unspecified atom stereocenters. The number of benzene rings is 2. The standard InChI is InChI=1S/C28H30N4O7/c1-4-19-16-21(8-9-23(19)29-3)30-26(34)24(39-18(2)33)25-28(36)32(12-15-38-25)22-7-5-6-20(17-22)27(35)31-10-13-37-14-11-31/h5-9,16-17,24-25H,4,10-15H2,1-2H3,(H,30,34)/t24-,25-/m1/s1. The van der Waals surface area contributed by atoms with Gasteiger partial charge in [0.2, 0.25) is 6.10 Å². The molecule has 0 radical (unpaired) electrons. The third-order valence-electron chi connectivity index (χ3n) is 6.50. The number of esters is 1. The first kappa shape index (κ1) is 27.8. The molecule has 0 saturated carbocycles. The van der Waals surface area contributed by atoms with Gasteiger partial charge in [-0.2, -0.15) is 0 Å². The molecule has 0 aromatic heterocycles. The number of rotatable bonds is 7. The number of aryl methyl sites for hydroxylation is 1. The Kier molecular flexibility index (Phi) is 8.91. The second kappa shape index (κ2) is 12.5. The van der Waals surface area contributed by atoms with Crippen LogP contribution in [-0.2, 0) is 35.0 Å². The van der Waals surface area contributed by atoms with Crippen molar-refractivity contribution in [3.05, 3.63) is 65.0 Å². The molecule has 2 aromatic carbocycles. The molecule has 39 heavy (non-hydrogen) atoms. The van der Waals surface area contributed by atoms with Crippen molar-refractivity contribution in [1.82, 2.24) is 4.90 Å². The maximum atomic E-state index is 13.6. The second-order valence-corrected chi connectivity index (χ2v) is 9.06. The minimum atomic E-state index is -1.55. The van der Waals surface area contributed by atoms with Crippen LogP contribution in [0.3, 0.4) is 0 Å². The number of hydrogen-bond donors (Lipinski definition) is 1. The number of nitrogens with zero attached hydrogens (tertiary/aromatic N) is 3. The van der Waals surface area contributed by atoms with Gasteiger partial charge in [-0.25, -0.2) is 4.85 Å². The van der Waals surface area contributed by atoms with Crippen molar-refractivity contribution < 1.29 is 33.4 Å². The zero-order valence-corrected chi connectivity index (χ0v) is 21.8. The molecular weight excluding hydrogens is 504 g/mol. The molecule has 11 nitrogen and oxygen atoms in total. The highest BCUT2D eigenvalue weighted by molar-refractivity contribution is 6.05. The van der Waals surface area contributed by atoms with Gasteiger partial charge in [-0.05, 0) is 42.3 Å². The number of morpholine rings is 2. The third-order valence-corrected chi connectivity index (χ3v) is 6.50. The minimum absolute atomic E-state index is 0.0861. The fourth-order valence-corrected chi connectivity index (χ4v) is 4.54. The number of anilines is 2. The van der Waals surface area contributed by atoms with Gasteiger partial charge in [-0.15, -0.1) is 0 Å². The summed E-state index contributed by atoms with van der Waals surface area (Å²) in [5.41, 5.74) is 2.51. The molecule has 2 aliphatic rings. The predicted octanol–water partition coefficient (Wildman–Crippen LogP) is 2.57. The van der Waals surface area contributed by atoms with E-state index in [0.29, 0.717) is 55.3 Å². The molecule has 2 saturated heterocycles. The Morgan fingerprint density at radius 3 is 2.59 bits per heavy atom. The highest BCUT2D eigenvalue weighted by Gasteiger charge is 2.42. The largest absolute Gasteiger partial charge is 0.449 e. The van der Waals surface area contributed by atoms with Gasteiger partial charge in [0, 0.05) is 43.5 Å². The summed E-state index contributed by atoms with van der Waals surface area (Å²) in [6.07, 6.45) is -2.36. The van der Waals surface area contributed by atoms with Gasteiger partial charge in [-0.1, -0.05) is 19.1 Å². The van der Waals surface area contributed by atoms with E-state index in [9.17, 15) is 19.2 Å². The van der Waals surface area contributed by atoms with Gasteiger partial charge < -0.3 is 29.3 Å². The van der Waals surface area contributed by atoms with Gasteiger partial charge in [0.1, 0.15) is 0 Å². The van der Waals surface area contributed by atoms with Crippen molar-refractivity contribution >= 4 is 40.8 Å². The summed E-state index contributed by atoms with van der Waals surface area (Å²) >= 11 is 0. The fourth-order valence-electron chi connectivity index (χ4n) is 4.54. The van der Waals surface area contributed by atoms with Crippen molar-refractivity contribution in [2.75, 3.05) is 49.7 Å². The highest BCUT2D eigenvalue weighted by Crippen LogP contribution is 2.26. The lowest BCUT2D eigenvalue weighted by Gasteiger charge is -2.35. The lowest BCUT2D eigenvalue weighted by Crippen LogP contribution is -2.56. The monoisotopic (exact) mass is 534 g/mol. The average molecular weight is 535 g/mol. The van der Waals surface area contributed by atoms with Crippen LogP contribution in [0, 0.1) is 6.57 Å². The van der Waals surface area contributed by atoms with E-state index in [1.165, 1.54) is 4.90 Å². The van der Waals surface area contributed by atoms with Crippen LogP contribution in [-0.4, -0.2) is 80.3 Å². The molecule has 0 spiro atoms. The Balaban J connectivity index is 1.54. The number of hydrogen-bond acceptors (Lipinski definition) is 7. The van der Waals surface area contributed by atoms with Crippen molar-refractivity contribution in [2.45, 2.75) is 32.5 Å². The molecule has 1 N–H and O–H groups in total. The lowest BCUT2D eigenvalue weighted by atomic mass is 10.1. The van der Waals surface area contributed by atoms with Gasteiger partial charge in [0.05, 0.1) is 26.4 Å². The number of carbonyl (C=O) groups excluding carboxylic acids is 4. The molecule has 204 valence electrons. The normalized spacial score (nSPS) is 18.2. The summed E-state index contributed by atoms with van der Waals surface area (Å²) < 4.78 is 16.3. The van der Waals surface area contributed by atoms with E-state index in [0.717, 1.165) is 12.5 Å². The molecule has 3 amide bonds. The van der Waals surface area contributed by atoms with Crippen LogP contribution in [0.25, 0.3) is 4.85 Å². The Labute approximate surface area is 226 Å². The van der Waals surface area contributed by atoms with Crippen LogP contribution in [0.15, 0.2) is 42.5 Å². The zero-order chi connectivity index (χ0) is 27.9. The topological polar surface area (TPSA) is 119 Å². The van der Waals surface area contributed by atoms with E-state index in [-0.39, 0.29) is 19.1 Å². The summed E-state index contributed by atoms with van der Waals surface area (Å²) in [6.45, 7) is 12.5. The number of ether oxygens (including phenoxy) is 3. The Morgan fingerprint density at radius 2 is 1.90 bits per heavy atom. The molecule has 2 aliphatic heterocycles. The summed E-state index contributed by atoms with van der Waals surface area (Å²) in [5.74, 6) is -2.22. The summed E-state index contributed by atoms with van der Waals surface area (Å²) in [7, 11) is 0.